The summed E-state index contributed by atoms with van der Waals surface area (Å²) in [7, 11) is 0. The fraction of sp³-hybridized carbons (Fsp3) is 0.926. The summed E-state index contributed by atoms with van der Waals surface area (Å²) in [5, 5.41) is 41.8. The molecule has 12 heteroatoms. The number of esters is 2. The first kappa shape index (κ1) is 34.6. The van der Waals surface area contributed by atoms with Crippen LogP contribution in [0.5, 0.6) is 0 Å². The Kier molecular flexibility index (Phi) is 14.9. The number of carbonyl (C=O) groups is 2. The second-order valence-electron chi connectivity index (χ2n) is 11.0. The number of carbonyl (C=O) groups excluding carboxylic acids is 2. The fourth-order valence-corrected chi connectivity index (χ4v) is 6.40. The van der Waals surface area contributed by atoms with Crippen LogP contribution < -0.4 is 0 Å². The van der Waals surface area contributed by atoms with E-state index in [9.17, 15) is 30.0 Å². The molecule has 0 radical (unpaired) electrons. The maximum absolute atomic E-state index is 12.4. The zero-order valence-electron chi connectivity index (χ0n) is 23.9. The number of rotatable bonds is 14. The highest BCUT2D eigenvalue weighted by molar-refractivity contribution is 7.99. The van der Waals surface area contributed by atoms with Crippen LogP contribution in [0.25, 0.3) is 0 Å². The van der Waals surface area contributed by atoms with Crippen molar-refractivity contribution in [1.82, 2.24) is 0 Å². The summed E-state index contributed by atoms with van der Waals surface area (Å²) in [5.74, 6) is -0.875. The van der Waals surface area contributed by atoms with E-state index in [0.717, 1.165) is 19.3 Å². The Hall–Kier alpha value is -0.600. The molecule has 10 unspecified atom stereocenters. The molecule has 0 saturated carbocycles. The first-order chi connectivity index (χ1) is 18.4. The summed E-state index contributed by atoms with van der Waals surface area (Å²) in [6, 6.07) is 0. The standard InChI is InChI=1S/C27H48O10S2/c1-14(2)22-18(30)20(32)24(26(36-22)38-5)34-16(28)12-10-8-7-9-11-13-17(29)35-25-21(33)19(31)23(15(3)4)37-27(25)39-6/h14-15,18-27,30-33H,7-13H2,1-6H3. The van der Waals surface area contributed by atoms with Gasteiger partial charge >= 0.3 is 11.9 Å². The number of hydrogen-bond donors (Lipinski definition) is 4. The van der Waals surface area contributed by atoms with Crippen molar-refractivity contribution in [3.8, 4) is 0 Å². The summed E-state index contributed by atoms with van der Waals surface area (Å²) < 4.78 is 22.7. The highest BCUT2D eigenvalue weighted by Gasteiger charge is 2.48. The minimum Gasteiger partial charge on any atom is -0.456 e. The van der Waals surface area contributed by atoms with Crippen molar-refractivity contribution in [2.24, 2.45) is 11.8 Å². The number of thioether (sulfide) groups is 2. The highest BCUT2D eigenvalue weighted by atomic mass is 32.2. The molecular weight excluding hydrogens is 548 g/mol. The molecule has 0 bridgehead atoms. The lowest BCUT2D eigenvalue weighted by molar-refractivity contribution is -0.221. The Morgan fingerprint density at radius 2 is 0.974 bits per heavy atom. The molecule has 10 atom stereocenters. The SMILES string of the molecule is CSC1OC(C(C)C)C(O)C(O)C1OC(=O)CCCCCCCC(=O)OC1C(SC)OC(C(C)C)C(O)C1O. The van der Waals surface area contributed by atoms with Crippen LogP contribution in [0.15, 0.2) is 0 Å². The van der Waals surface area contributed by atoms with Gasteiger partial charge in [-0.05, 0) is 37.2 Å². The number of aliphatic hydroxyl groups is 4. The van der Waals surface area contributed by atoms with Crippen molar-refractivity contribution in [3.63, 3.8) is 0 Å². The van der Waals surface area contributed by atoms with Gasteiger partial charge in [0.25, 0.3) is 0 Å². The van der Waals surface area contributed by atoms with Crippen LogP contribution in [0, 0.1) is 11.8 Å². The molecule has 39 heavy (non-hydrogen) atoms. The van der Waals surface area contributed by atoms with E-state index in [1.807, 2.05) is 27.7 Å². The van der Waals surface area contributed by atoms with Gasteiger partial charge in [0.15, 0.2) is 12.2 Å². The van der Waals surface area contributed by atoms with Gasteiger partial charge in [-0.15, -0.1) is 23.5 Å². The Morgan fingerprint density at radius 1 is 0.641 bits per heavy atom. The molecule has 0 amide bonds. The maximum atomic E-state index is 12.4. The Morgan fingerprint density at radius 3 is 1.28 bits per heavy atom. The second-order valence-corrected chi connectivity index (χ2v) is 12.9. The van der Waals surface area contributed by atoms with Crippen molar-refractivity contribution < 1.29 is 49.0 Å². The number of ether oxygens (including phenoxy) is 4. The van der Waals surface area contributed by atoms with E-state index in [1.165, 1.54) is 23.5 Å². The molecule has 2 aliphatic rings. The maximum Gasteiger partial charge on any atom is 0.306 e. The minimum absolute atomic E-state index is 0.00770. The molecule has 0 aromatic rings. The van der Waals surface area contributed by atoms with Gasteiger partial charge < -0.3 is 39.4 Å². The third-order valence-electron chi connectivity index (χ3n) is 7.24. The Balaban J connectivity index is 1.65. The van der Waals surface area contributed by atoms with E-state index in [0.29, 0.717) is 12.8 Å². The fourth-order valence-electron chi connectivity index (χ4n) is 4.95. The average molecular weight is 597 g/mol. The van der Waals surface area contributed by atoms with Crippen LogP contribution in [-0.2, 0) is 28.5 Å². The predicted molar refractivity (Wildman–Crippen MR) is 150 cm³/mol. The van der Waals surface area contributed by atoms with Gasteiger partial charge in [-0.3, -0.25) is 9.59 Å². The quantitative estimate of drug-likeness (QED) is 0.172. The molecule has 4 N–H and O–H groups in total. The van der Waals surface area contributed by atoms with Crippen LogP contribution in [0.1, 0.15) is 72.6 Å². The van der Waals surface area contributed by atoms with Gasteiger partial charge in [-0.1, -0.05) is 47.0 Å². The molecule has 2 fully saturated rings. The lowest BCUT2D eigenvalue weighted by atomic mass is 9.92. The van der Waals surface area contributed by atoms with Gasteiger partial charge in [-0.2, -0.15) is 0 Å². The van der Waals surface area contributed by atoms with Gasteiger partial charge in [0.2, 0.25) is 0 Å². The third kappa shape index (κ3) is 9.73. The molecular formula is C27H48O10S2. The van der Waals surface area contributed by atoms with Crippen LogP contribution >= 0.6 is 23.5 Å². The lowest BCUT2D eigenvalue weighted by Gasteiger charge is -2.43. The topological polar surface area (TPSA) is 152 Å². The number of hydrogen-bond acceptors (Lipinski definition) is 12. The molecule has 2 rings (SSSR count). The Labute approximate surface area is 240 Å². The normalized spacial score (nSPS) is 35.3. The number of aliphatic hydroxyl groups excluding tert-OH is 4. The van der Waals surface area contributed by atoms with Crippen LogP contribution in [0.3, 0.4) is 0 Å². The van der Waals surface area contributed by atoms with Gasteiger partial charge in [-0.25, -0.2) is 0 Å². The molecule has 2 saturated heterocycles. The predicted octanol–water partition coefficient (Wildman–Crippen LogP) is 2.47. The van der Waals surface area contributed by atoms with E-state index < -0.39 is 71.6 Å². The third-order valence-corrected chi connectivity index (χ3v) is 8.93. The van der Waals surface area contributed by atoms with E-state index in [1.54, 1.807) is 12.5 Å². The second kappa shape index (κ2) is 16.7. The monoisotopic (exact) mass is 596 g/mol. The molecule has 0 aromatic carbocycles. The summed E-state index contributed by atoms with van der Waals surface area (Å²) in [5.41, 5.74) is -1.10. The molecule has 2 heterocycles. The molecule has 2 aliphatic heterocycles. The average Bonchev–Trinajstić information content (AvgIpc) is 2.88. The summed E-state index contributed by atoms with van der Waals surface area (Å²) in [6.07, 6.45) is -0.0428. The first-order valence-corrected chi connectivity index (χ1v) is 16.5. The van der Waals surface area contributed by atoms with Crippen LogP contribution in [0.4, 0.5) is 0 Å². The van der Waals surface area contributed by atoms with E-state index >= 15 is 0 Å². The van der Waals surface area contributed by atoms with Crippen molar-refractivity contribution in [1.29, 1.82) is 0 Å². The van der Waals surface area contributed by atoms with Gasteiger partial charge in [0, 0.05) is 12.8 Å². The molecule has 0 spiro atoms. The molecule has 0 aliphatic carbocycles. The van der Waals surface area contributed by atoms with Crippen molar-refractivity contribution in [2.75, 3.05) is 12.5 Å². The minimum atomic E-state index is -1.21. The van der Waals surface area contributed by atoms with Gasteiger partial charge in [0.1, 0.15) is 35.3 Å². The molecule has 0 aromatic heterocycles. The number of unbranched alkanes of at least 4 members (excludes halogenated alkanes) is 4. The van der Waals surface area contributed by atoms with Crippen molar-refractivity contribution in [2.45, 2.75) is 132 Å². The van der Waals surface area contributed by atoms with Crippen LogP contribution in [0.2, 0.25) is 0 Å². The lowest BCUT2D eigenvalue weighted by Crippen LogP contribution is -2.59. The summed E-state index contributed by atoms with van der Waals surface area (Å²) in [4.78, 5) is 24.7. The van der Waals surface area contributed by atoms with E-state index in [2.05, 4.69) is 0 Å². The Bertz CT molecular complexity index is 690. The zero-order chi connectivity index (χ0) is 29.3. The summed E-state index contributed by atoms with van der Waals surface area (Å²) in [6.45, 7) is 7.60. The van der Waals surface area contributed by atoms with Crippen LogP contribution in [-0.4, -0.2) is 105 Å². The highest BCUT2D eigenvalue weighted by Crippen LogP contribution is 2.33. The van der Waals surface area contributed by atoms with Crippen molar-refractivity contribution >= 4 is 35.5 Å². The largest absolute Gasteiger partial charge is 0.456 e. The smallest absolute Gasteiger partial charge is 0.306 e. The van der Waals surface area contributed by atoms with Crippen molar-refractivity contribution in [3.05, 3.63) is 0 Å². The molecule has 10 nitrogen and oxygen atoms in total. The van der Waals surface area contributed by atoms with E-state index in [-0.39, 0.29) is 24.7 Å². The first-order valence-electron chi connectivity index (χ1n) is 13.9. The van der Waals surface area contributed by atoms with E-state index in [4.69, 9.17) is 18.9 Å². The van der Waals surface area contributed by atoms with Gasteiger partial charge in [0.05, 0.1) is 12.2 Å². The zero-order valence-corrected chi connectivity index (χ0v) is 25.6. The molecule has 228 valence electrons. The summed E-state index contributed by atoms with van der Waals surface area (Å²) >= 11 is 2.67.